The van der Waals surface area contributed by atoms with Crippen LogP contribution >= 0.6 is 0 Å². The predicted molar refractivity (Wildman–Crippen MR) is 124 cm³/mol. The number of amides is 2. The standard InChI is InChI=1S/C26H35F3N2O3/c1-4-14-30-21-15-19(23(32)31(17(2)3)18-10-6-5-7-11-18)20(26(27,28)29)16-22(21)34-25(24(30)33)12-8-9-13-25/h15-18H,4-14H2,1-3H3. The normalized spacial score (nSPS) is 20.6. The van der Waals surface area contributed by atoms with Crippen molar-refractivity contribution in [3.63, 3.8) is 0 Å². The molecule has 0 radical (unpaired) electrons. The van der Waals surface area contributed by atoms with E-state index in [9.17, 15) is 22.8 Å². The van der Waals surface area contributed by atoms with E-state index in [2.05, 4.69) is 0 Å². The van der Waals surface area contributed by atoms with Gasteiger partial charge in [-0.05, 0) is 70.9 Å². The van der Waals surface area contributed by atoms with Crippen LogP contribution in [0.25, 0.3) is 0 Å². The summed E-state index contributed by atoms with van der Waals surface area (Å²) in [5.41, 5.74) is -2.21. The maximum absolute atomic E-state index is 14.3. The summed E-state index contributed by atoms with van der Waals surface area (Å²) in [5.74, 6) is -0.778. The first-order valence-electron chi connectivity index (χ1n) is 12.7. The van der Waals surface area contributed by atoms with Gasteiger partial charge in [0.25, 0.3) is 11.8 Å². The van der Waals surface area contributed by atoms with Crippen molar-refractivity contribution in [3.05, 3.63) is 23.3 Å². The molecular weight excluding hydrogens is 445 g/mol. The zero-order chi connectivity index (χ0) is 24.7. The second kappa shape index (κ2) is 9.42. The lowest BCUT2D eigenvalue weighted by molar-refractivity contribution is -0.138. The topological polar surface area (TPSA) is 49.9 Å². The van der Waals surface area contributed by atoms with Crippen LogP contribution in [0.15, 0.2) is 12.1 Å². The number of nitrogens with zero attached hydrogens (tertiary/aromatic N) is 2. The van der Waals surface area contributed by atoms with Gasteiger partial charge in [-0.15, -0.1) is 0 Å². The van der Waals surface area contributed by atoms with E-state index < -0.39 is 28.8 Å². The minimum atomic E-state index is -4.72. The van der Waals surface area contributed by atoms with Crippen LogP contribution in [-0.2, 0) is 11.0 Å². The summed E-state index contributed by atoms with van der Waals surface area (Å²) in [5, 5.41) is 0. The Kier molecular flexibility index (Phi) is 6.89. The number of fused-ring (bicyclic) bond motifs is 1. The zero-order valence-electron chi connectivity index (χ0n) is 20.3. The maximum Gasteiger partial charge on any atom is 0.417 e. The second-order valence-corrected chi connectivity index (χ2v) is 10.2. The molecule has 2 aliphatic carbocycles. The quantitative estimate of drug-likeness (QED) is 0.494. The number of hydrogen-bond acceptors (Lipinski definition) is 3. The first-order valence-corrected chi connectivity index (χ1v) is 12.7. The Bertz CT molecular complexity index is 932. The number of ether oxygens (including phenoxy) is 1. The van der Waals surface area contributed by atoms with E-state index in [0.717, 1.165) is 51.0 Å². The molecular formula is C26H35F3N2O3. The Balaban J connectivity index is 1.83. The summed E-state index contributed by atoms with van der Waals surface area (Å²) in [7, 11) is 0. The third-order valence-electron chi connectivity index (χ3n) is 7.48. The Morgan fingerprint density at radius 2 is 1.79 bits per heavy atom. The fourth-order valence-electron chi connectivity index (χ4n) is 5.91. The molecule has 5 nitrogen and oxygen atoms in total. The van der Waals surface area contributed by atoms with Gasteiger partial charge in [0.2, 0.25) is 0 Å². The second-order valence-electron chi connectivity index (χ2n) is 10.2. The maximum atomic E-state index is 14.3. The van der Waals surface area contributed by atoms with Crippen molar-refractivity contribution in [2.45, 2.75) is 109 Å². The van der Waals surface area contributed by atoms with Crippen LogP contribution in [0.1, 0.15) is 101 Å². The average Bonchev–Trinajstić information content (AvgIpc) is 3.25. The molecule has 34 heavy (non-hydrogen) atoms. The monoisotopic (exact) mass is 480 g/mol. The molecule has 1 heterocycles. The molecule has 0 atom stereocenters. The Morgan fingerprint density at radius 1 is 1.15 bits per heavy atom. The van der Waals surface area contributed by atoms with Gasteiger partial charge >= 0.3 is 6.18 Å². The van der Waals surface area contributed by atoms with E-state index in [4.69, 9.17) is 4.74 Å². The highest BCUT2D eigenvalue weighted by atomic mass is 19.4. The van der Waals surface area contributed by atoms with Crippen LogP contribution in [0.2, 0.25) is 0 Å². The molecule has 2 amide bonds. The van der Waals surface area contributed by atoms with E-state index in [-0.39, 0.29) is 29.4 Å². The lowest BCUT2D eigenvalue weighted by Gasteiger charge is -2.42. The Labute approximate surface area is 199 Å². The minimum absolute atomic E-state index is 0.0487. The number of rotatable bonds is 5. The van der Waals surface area contributed by atoms with E-state index in [1.54, 1.807) is 9.80 Å². The van der Waals surface area contributed by atoms with E-state index in [1.165, 1.54) is 6.07 Å². The van der Waals surface area contributed by atoms with Crippen molar-refractivity contribution in [2.75, 3.05) is 11.4 Å². The third-order valence-corrected chi connectivity index (χ3v) is 7.48. The zero-order valence-corrected chi connectivity index (χ0v) is 20.3. The van der Waals surface area contributed by atoms with E-state index in [0.29, 0.717) is 25.8 Å². The fourth-order valence-corrected chi connectivity index (χ4v) is 5.91. The molecule has 1 spiro atoms. The summed E-state index contributed by atoms with van der Waals surface area (Å²) in [6, 6.07) is 1.90. The van der Waals surface area contributed by atoms with Crippen molar-refractivity contribution in [1.29, 1.82) is 0 Å². The average molecular weight is 481 g/mol. The van der Waals surface area contributed by atoms with Crippen LogP contribution in [0.4, 0.5) is 18.9 Å². The van der Waals surface area contributed by atoms with Gasteiger partial charge in [-0.25, -0.2) is 0 Å². The van der Waals surface area contributed by atoms with Gasteiger partial charge < -0.3 is 14.5 Å². The van der Waals surface area contributed by atoms with Gasteiger partial charge in [0.15, 0.2) is 5.60 Å². The van der Waals surface area contributed by atoms with Crippen molar-refractivity contribution in [2.24, 2.45) is 0 Å². The Hall–Kier alpha value is -2.25. The summed E-state index contributed by atoms with van der Waals surface area (Å²) < 4.78 is 48.9. The molecule has 0 unspecified atom stereocenters. The Morgan fingerprint density at radius 3 is 2.35 bits per heavy atom. The summed E-state index contributed by atoms with van der Waals surface area (Å²) in [6.45, 7) is 5.98. The molecule has 3 aliphatic rings. The highest BCUT2D eigenvalue weighted by Crippen LogP contribution is 2.48. The first-order chi connectivity index (χ1) is 16.1. The van der Waals surface area contributed by atoms with Gasteiger partial charge in [0, 0.05) is 18.6 Å². The predicted octanol–water partition coefficient (Wildman–Crippen LogP) is 6.34. The minimum Gasteiger partial charge on any atom is -0.475 e. The van der Waals surface area contributed by atoms with Crippen LogP contribution in [0, 0.1) is 0 Å². The molecule has 8 heteroatoms. The molecule has 1 aromatic rings. The molecule has 0 aromatic heterocycles. The van der Waals surface area contributed by atoms with Crippen molar-refractivity contribution >= 4 is 17.5 Å². The number of halogens is 3. The van der Waals surface area contributed by atoms with Crippen molar-refractivity contribution in [3.8, 4) is 5.75 Å². The highest BCUT2D eigenvalue weighted by molar-refractivity contribution is 6.05. The molecule has 0 saturated heterocycles. The van der Waals surface area contributed by atoms with Gasteiger partial charge in [-0.2, -0.15) is 13.2 Å². The number of anilines is 1. The van der Waals surface area contributed by atoms with Gasteiger partial charge in [-0.3, -0.25) is 9.59 Å². The van der Waals surface area contributed by atoms with E-state index in [1.807, 2.05) is 20.8 Å². The molecule has 4 rings (SSSR count). The lowest BCUT2D eigenvalue weighted by Crippen LogP contribution is -2.55. The summed E-state index contributed by atoms with van der Waals surface area (Å²) >= 11 is 0. The van der Waals surface area contributed by atoms with Crippen LogP contribution in [-0.4, -0.2) is 40.9 Å². The molecule has 2 fully saturated rings. The van der Waals surface area contributed by atoms with Gasteiger partial charge in [0.05, 0.1) is 16.8 Å². The number of carbonyl (C=O) groups excluding carboxylic acids is 2. The molecule has 1 aliphatic heterocycles. The molecule has 0 N–H and O–H groups in total. The molecule has 1 aromatic carbocycles. The highest BCUT2D eigenvalue weighted by Gasteiger charge is 2.51. The summed E-state index contributed by atoms with van der Waals surface area (Å²) in [6.07, 6.45) is 3.11. The van der Waals surface area contributed by atoms with E-state index >= 15 is 0 Å². The molecule has 188 valence electrons. The smallest absolute Gasteiger partial charge is 0.417 e. The van der Waals surface area contributed by atoms with Crippen molar-refractivity contribution < 1.29 is 27.5 Å². The van der Waals surface area contributed by atoms with Crippen LogP contribution in [0.3, 0.4) is 0 Å². The fraction of sp³-hybridized carbons (Fsp3) is 0.692. The number of hydrogen-bond donors (Lipinski definition) is 0. The van der Waals surface area contributed by atoms with Gasteiger partial charge in [0.1, 0.15) is 5.75 Å². The third kappa shape index (κ3) is 4.40. The van der Waals surface area contributed by atoms with Gasteiger partial charge in [-0.1, -0.05) is 26.2 Å². The number of carbonyl (C=O) groups is 2. The van der Waals surface area contributed by atoms with Crippen molar-refractivity contribution in [1.82, 2.24) is 4.90 Å². The number of alkyl halides is 3. The first kappa shape index (κ1) is 24.9. The largest absolute Gasteiger partial charge is 0.475 e. The van der Waals surface area contributed by atoms with Crippen LogP contribution in [0.5, 0.6) is 5.75 Å². The molecule has 0 bridgehead atoms. The molecule has 2 saturated carbocycles. The lowest BCUT2D eigenvalue weighted by atomic mass is 9.91. The summed E-state index contributed by atoms with van der Waals surface area (Å²) in [4.78, 5) is 30.3. The number of benzene rings is 1. The van der Waals surface area contributed by atoms with Crippen LogP contribution < -0.4 is 9.64 Å². The SMILES string of the molecule is CCCN1C(=O)C2(CCCC2)Oc2cc(C(F)(F)F)c(C(=O)N(C(C)C)C3CCCCC3)cc21.